The molecule has 3 nitrogen and oxygen atoms in total. The Balaban J connectivity index is 1.90. The van der Waals surface area contributed by atoms with Crippen LogP contribution in [0.3, 0.4) is 0 Å². The van der Waals surface area contributed by atoms with Gasteiger partial charge < -0.3 is 9.47 Å². The van der Waals surface area contributed by atoms with Gasteiger partial charge in [0.25, 0.3) is 0 Å². The van der Waals surface area contributed by atoms with Crippen LogP contribution in [0.15, 0.2) is 51.4 Å². The monoisotopic (exact) mass is 418 g/mol. The van der Waals surface area contributed by atoms with E-state index in [0.29, 0.717) is 21.0 Å². The van der Waals surface area contributed by atoms with Crippen LogP contribution in [0, 0.1) is 0 Å². The fourth-order valence-corrected chi connectivity index (χ4v) is 2.64. The maximum absolute atomic E-state index is 11.7. The quantitative estimate of drug-likeness (QED) is 0.524. The largest absolute Gasteiger partial charge is 0.482 e. The SMILES string of the molecule is O=C(COc1ccc(Cl)cc1)Oc1ccc(Br)cc1Br. The van der Waals surface area contributed by atoms with E-state index < -0.39 is 5.97 Å². The van der Waals surface area contributed by atoms with Gasteiger partial charge in [0, 0.05) is 9.50 Å². The van der Waals surface area contributed by atoms with Gasteiger partial charge in [0.15, 0.2) is 6.61 Å². The number of carbonyl (C=O) groups is 1. The number of hydrogen-bond donors (Lipinski definition) is 0. The summed E-state index contributed by atoms with van der Waals surface area (Å²) in [5.74, 6) is 0.516. The topological polar surface area (TPSA) is 35.5 Å². The van der Waals surface area contributed by atoms with E-state index in [1.165, 1.54) is 0 Å². The second-order valence-electron chi connectivity index (χ2n) is 3.79. The van der Waals surface area contributed by atoms with Crippen molar-refractivity contribution in [2.45, 2.75) is 0 Å². The zero-order valence-corrected chi connectivity index (χ0v) is 14.0. The van der Waals surface area contributed by atoms with Crippen LogP contribution in [-0.2, 0) is 4.79 Å². The molecule has 6 heteroatoms. The third-order valence-corrected chi connectivity index (χ3v) is 3.65. The molecule has 0 saturated carbocycles. The van der Waals surface area contributed by atoms with Crippen molar-refractivity contribution in [1.82, 2.24) is 0 Å². The number of carbonyl (C=O) groups excluding carboxylic acids is 1. The predicted molar refractivity (Wildman–Crippen MR) is 84.4 cm³/mol. The van der Waals surface area contributed by atoms with E-state index in [1.807, 2.05) is 0 Å². The van der Waals surface area contributed by atoms with E-state index in [1.54, 1.807) is 42.5 Å². The molecule has 0 heterocycles. The highest BCUT2D eigenvalue weighted by Crippen LogP contribution is 2.28. The first-order chi connectivity index (χ1) is 9.54. The van der Waals surface area contributed by atoms with E-state index >= 15 is 0 Å². The van der Waals surface area contributed by atoms with Crippen molar-refractivity contribution >= 4 is 49.4 Å². The number of ether oxygens (including phenoxy) is 2. The van der Waals surface area contributed by atoms with Gasteiger partial charge in [-0.1, -0.05) is 27.5 Å². The van der Waals surface area contributed by atoms with Crippen LogP contribution in [0.25, 0.3) is 0 Å². The molecule has 0 N–H and O–H groups in total. The lowest BCUT2D eigenvalue weighted by atomic mass is 10.3. The number of hydrogen-bond acceptors (Lipinski definition) is 3. The molecule has 0 atom stereocenters. The first kappa shape index (κ1) is 15.4. The summed E-state index contributed by atoms with van der Waals surface area (Å²) in [5.41, 5.74) is 0. The molecule has 0 fully saturated rings. The summed E-state index contributed by atoms with van der Waals surface area (Å²) in [5, 5.41) is 0.610. The Hall–Kier alpha value is -1.04. The summed E-state index contributed by atoms with van der Waals surface area (Å²) in [6, 6.07) is 12.0. The van der Waals surface area contributed by atoms with E-state index in [4.69, 9.17) is 21.1 Å². The second-order valence-corrected chi connectivity index (χ2v) is 6.00. The Morgan fingerprint density at radius 3 is 2.45 bits per heavy atom. The summed E-state index contributed by atoms with van der Waals surface area (Å²) in [6.07, 6.45) is 0. The Bertz CT molecular complexity index is 614. The second kappa shape index (κ2) is 7.11. The van der Waals surface area contributed by atoms with Gasteiger partial charge in [0.2, 0.25) is 0 Å². The van der Waals surface area contributed by atoms with Crippen LogP contribution in [0.2, 0.25) is 5.02 Å². The number of rotatable bonds is 4. The van der Waals surface area contributed by atoms with Gasteiger partial charge in [0.05, 0.1) is 4.47 Å². The molecule has 0 unspecified atom stereocenters. The molecule has 104 valence electrons. The zero-order valence-electron chi connectivity index (χ0n) is 10.1. The van der Waals surface area contributed by atoms with Crippen molar-refractivity contribution in [3.63, 3.8) is 0 Å². The summed E-state index contributed by atoms with van der Waals surface area (Å²) in [6.45, 7) is -0.176. The fraction of sp³-hybridized carbons (Fsp3) is 0.0714. The van der Waals surface area contributed by atoms with Gasteiger partial charge in [-0.15, -0.1) is 0 Å². The molecule has 0 spiro atoms. The van der Waals surface area contributed by atoms with Crippen LogP contribution < -0.4 is 9.47 Å². The maximum atomic E-state index is 11.7. The van der Waals surface area contributed by atoms with Crippen molar-refractivity contribution in [1.29, 1.82) is 0 Å². The van der Waals surface area contributed by atoms with Crippen LogP contribution in [0.1, 0.15) is 0 Å². The van der Waals surface area contributed by atoms with Crippen LogP contribution in [-0.4, -0.2) is 12.6 Å². The average Bonchev–Trinajstić information content (AvgIpc) is 2.41. The molecule has 0 aliphatic carbocycles. The van der Waals surface area contributed by atoms with E-state index in [0.717, 1.165) is 4.47 Å². The molecule has 0 bridgehead atoms. The minimum Gasteiger partial charge on any atom is -0.482 e. The standard InChI is InChI=1S/C14H9Br2ClO3/c15-9-1-6-13(12(16)7-9)20-14(18)8-19-11-4-2-10(17)3-5-11/h1-7H,8H2. The molecule has 0 radical (unpaired) electrons. The van der Waals surface area contributed by atoms with Crippen LogP contribution >= 0.6 is 43.5 Å². The zero-order chi connectivity index (χ0) is 14.5. The number of esters is 1. The molecule has 0 aromatic heterocycles. The minimum atomic E-state index is -0.483. The van der Waals surface area contributed by atoms with Crippen molar-refractivity contribution in [2.75, 3.05) is 6.61 Å². The molecule has 0 aliphatic heterocycles. The predicted octanol–water partition coefficient (Wildman–Crippen LogP) is 4.85. The van der Waals surface area contributed by atoms with Gasteiger partial charge in [-0.3, -0.25) is 0 Å². The third kappa shape index (κ3) is 4.51. The van der Waals surface area contributed by atoms with Gasteiger partial charge in [-0.2, -0.15) is 0 Å². The highest BCUT2D eigenvalue weighted by atomic mass is 79.9. The lowest BCUT2D eigenvalue weighted by Gasteiger charge is -2.08. The highest BCUT2D eigenvalue weighted by molar-refractivity contribution is 9.11. The lowest BCUT2D eigenvalue weighted by Crippen LogP contribution is -2.17. The summed E-state index contributed by atoms with van der Waals surface area (Å²) < 4.78 is 12.1. The molecular formula is C14H9Br2ClO3. The molecule has 2 aromatic rings. The van der Waals surface area contributed by atoms with Crippen molar-refractivity contribution < 1.29 is 14.3 Å². The van der Waals surface area contributed by atoms with Crippen molar-refractivity contribution in [3.8, 4) is 11.5 Å². The molecule has 20 heavy (non-hydrogen) atoms. The smallest absolute Gasteiger partial charge is 0.349 e. The van der Waals surface area contributed by atoms with Crippen molar-refractivity contribution in [3.05, 3.63) is 56.4 Å². The van der Waals surface area contributed by atoms with Crippen LogP contribution in [0.4, 0.5) is 0 Å². The third-order valence-electron chi connectivity index (χ3n) is 2.29. The summed E-state index contributed by atoms with van der Waals surface area (Å²) in [7, 11) is 0. The van der Waals surface area contributed by atoms with Gasteiger partial charge >= 0.3 is 5.97 Å². The van der Waals surface area contributed by atoms with E-state index in [2.05, 4.69) is 31.9 Å². The first-order valence-electron chi connectivity index (χ1n) is 5.59. The first-order valence-corrected chi connectivity index (χ1v) is 7.55. The Morgan fingerprint density at radius 1 is 1.10 bits per heavy atom. The molecule has 0 amide bonds. The Kier molecular flexibility index (Phi) is 5.46. The molecular weight excluding hydrogens is 411 g/mol. The highest BCUT2D eigenvalue weighted by Gasteiger charge is 2.09. The average molecular weight is 420 g/mol. The Labute approximate surface area is 138 Å². The Morgan fingerprint density at radius 2 is 1.80 bits per heavy atom. The van der Waals surface area contributed by atoms with Crippen LogP contribution in [0.5, 0.6) is 11.5 Å². The molecule has 2 rings (SSSR count). The summed E-state index contributed by atoms with van der Waals surface area (Å²) in [4.78, 5) is 11.7. The fourth-order valence-electron chi connectivity index (χ4n) is 1.38. The minimum absolute atomic E-state index is 0.176. The number of halogens is 3. The summed E-state index contributed by atoms with van der Waals surface area (Å²) >= 11 is 12.4. The molecule has 0 aliphatic rings. The number of benzene rings is 2. The van der Waals surface area contributed by atoms with Gasteiger partial charge in [-0.05, 0) is 58.4 Å². The molecule has 0 saturated heterocycles. The maximum Gasteiger partial charge on any atom is 0.349 e. The van der Waals surface area contributed by atoms with E-state index in [9.17, 15) is 4.79 Å². The van der Waals surface area contributed by atoms with Gasteiger partial charge in [-0.25, -0.2) is 4.79 Å². The van der Waals surface area contributed by atoms with Gasteiger partial charge in [0.1, 0.15) is 11.5 Å². The normalized spacial score (nSPS) is 10.2. The molecule has 2 aromatic carbocycles. The lowest BCUT2D eigenvalue weighted by molar-refractivity contribution is -0.136. The van der Waals surface area contributed by atoms with Crippen molar-refractivity contribution in [2.24, 2.45) is 0 Å². The van der Waals surface area contributed by atoms with E-state index in [-0.39, 0.29) is 6.61 Å².